The minimum atomic E-state index is 0.197. The maximum atomic E-state index is 11.0. The Kier molecular flexibility index (Phi) is 4.28. The molecule has 0 aliphatic carbocycles. The molecule has 1 aromatic heterocycles. The first kappa shape index (κ1) is 14.4. The van der Waals surface area contributed by atoms with Gasteiger partial charge in [-0.15, -0.1) is 0 Å². The van der Waals surface area contributed by atoms with E-state index in [0.29, 0.717) is 0 Å². The number of ether oxygens (including phenoxy) is 1. The van der Waals surface area contributed by atoms with Crippen LogP contribution >= 0.6 is 0 Å². The highest BCUT2D eigenvalue weighted by Gasteiger charge is 2.11. The first-order valence-electron chi connectivity index (χ1n) is 6.98. The fraction of sp³-hybridized carbons (Fsp3) is 0.353. The fourth-order valence-electron chi connectivity index (χ4n) is 2.32. The van der Waals surface area contributed by atoms with Gasteiger partial charge < -0.3 is 9.30 Å². The Bertz CT molecular complexity index is 613. The van der Waals surface area contributed by atoms with Gasteiger partial charge in [-0.2, -0.15) is 0 Å². The van der Waals surface area contributed by atoms with Gasteiger partial charge in [0.25, 0.3) is 0 Å². The largest absolute Gasteiger partial charge is 0.491 e. The molecule has 1 unspecified atom stereocenters. The molecular weight excluding hydrogens is 250 g/mol. The summed E-state index contributed by atoms with van der Waals surface area (Å²) in [5.41, 5.74) is 3.76. The van der Waals surface area contributed by atoms with Gasteiger partial charge in [-0.3, -0.25) is 4.79 Å². The average molecular weight is 271 g/mol. The van der Waals surface area contributed by atoms with Gasteiger partial charge >= 0.3 is 0 Å². The molecule has 0 saturated carbocycles. The Morgan fingerprint density at radius 3 is 2.65 bits per heavy atom. The van der Waals surface area contributed by atoms with Gasteiger partial charge in [0.1, 0.15) is 5.75 Å². The van der Waals surface area contributed by atoms with Gasteiger partial charge in [-0.1, -0.05) is 13.0 Å². The molecular formula is C17H21NO2. The van der Waals surface area contributed by atoms with E-state index in [-0.39, 0.29) is 6.10 Å². The number of nitrogens with zero attached hydrogens (tertiary/aromatic N) is 1. The van der Waals surface area contributed by atoms with Crippen molar-refractivity contribution in [1.29, 1.82) is 0 Å². The summed E-state index contributed by atoms with van der Waals surface area (Å²) in [6.45, 7) is 8.12. The van der Waals surface area contributed by atoms with E-state index in [1.807, 2.05) is 44.2 Å². The van der Waals surface area contributed by atoms with Crippen molar-refractivity contribution in [3.8, 4) is 11.4 Å². The molecule has 0 aliphatic rings. The minimum absolute atomic E-state index is 0.197. The highest BCUT2D eigenvalue weighted by Crippen LogP contribution is 2.23. The van der Waals surface area contributed by atoms with Crippen molar-refractivity contribution >= 4 is 6.29 Å². The molecule has 3 heteroatoms. The van der Waals surface area contributed by atoms with Gasteiger partial charge in [0.15, 0.2) is 6.29 Å². The third kappa shape index (κ3) is 2.77. The second-order valence-electron chi connectivity index (χ2n) is 5.11. The van der Waals surface area contributed by atoms with Gasteiger partial charge in [0.05, 0.1) is 6.10 Å². The van der Waals surface area contributed by atoms with Crippen LogP contribution in [0.25, 0.3) is 5.69 Å². The number of aldehydes is 1. The normalized spacial score (nSPS) is 12.2. The zero-order valence-electron chi connectivity index (χ0n) is 12.5. The molecule has 20 heavy (non-hydrogen) atoms. The van der Waals surface area contributed by atoms with Crippen LogP contribution in [0, 0.1) is 13.8 Å². The molecule has 0 aliphatic heterocycles. The molecule has 0 amide bonds. The van der Waals surface area contributed by atoms with Crippen LogP contribution in [-0.4, -0.2) is 17.0 Å². The Balaban J connectivity index is 2.41. The molecule has 0 radical (unpaired) electrons. The molecule has 1 heterocycles. The third-order valence-electron chi connectivity index (χ3n) is 3.59. The summed E-state index contributed by atoms with van der Waals surface area (Å²) < 4.78 is 7.93. The first-order valence-corrected chi connectivity index (χ1v) is 6.98. The lowest BCUT2D eigenvalue weighted by Gasteiger charge is -2.15. The topological polar surface area (TPSA) is 31.2 Å². The van der Waals surface area contributed by atoms with Crippen LogP contribution in [-0.2, 0) is 0 Å². The van der Waals surface area contributed by atoms with Crippen molar-refractivity contribution in [2.75, 3.05) is 0 Å². The fourth-order valence-corrected chi connectivity index (χ4v) is 2.32. The van der Waals surface area contributed by atoms with E-state index in [4.69, 9.17) is 4.74 Å². The quantitative estimate of drug-likeness (QED) is 0.767. The smallest absolute Gasteiger partial charge is 0.151 e. The first-order chi connectivity index (χ1) is 9.56. The number of carbonyl (C=O) groups is 1. The van der Waals surface area contributed by atoms with Crippen molar-refractivity contribution in [2.45, 2.75) is 40.2 Å². The summed E-state index contributed by atoms with van der Waals surface area (Å²) in [5.74, 6) is 0.858. The van der Waals surface area contributed by atoms with Crippen molar-refractivity contribution < 1.29 is 9.53 Å². The van der Waals surface area contributed by atoms with Crippen molar-refractivity contribution in [1.82, 2.24) is 4.57 Å². The summed E-state index contributed by atoms with van der Waals surface area (Å²) in [4.78, 5) is 11.0. The number of hydrogen-bond donors (Lipinski definition) is 0. The van der Waals surface area contributed by atoms with Crippen LogP contribution in [0.1, 0.15) is 42.0 Å². The Hall–Kier alpha value is -2.03. The second kappa shape index (κ2) is 5.95. The van der Waals surface area contributed by atoms with Crippen LogP contribution in [0.15, 0.2) is 30.3 Å². The molecule has 0 fully saturated rings. The molecule has 0 bridgehead atoms. The van der Waals surface area contributed by atoms with Crippen LogP contribution < -0.4 is 4.74 Å². The van der Waals surface area contributed by atoms with Crippen LogP contribution in [0.4, 0.5) is 0 Å². The van der Waals surface area contributed by atoms with Gasteiger partial charge in [-0.25, -0.2) is 0 Å². The summed E-state index contributed by atoms with van der Waals surface area (Å²) in [5, 5.41) is 0. The van der Waals surface area contributed by atoms with Crippen molar-refractivity contribution in [2.24, 2.45) is 0 Å². The third-order valence-corrected chi connectivity index (χ3v) is 3.59. The van der Waals surface area contributed by atoms with Crippen molar-refractivity contribution in [3.05, 3.63) is 47.3 Å². The summed E-state index contributed by atoms with van der Waals surface area (Å²) in [6.07, 6.45) is 2.07. The zero-order valence-corrected chi connectivity index (χ0v) is 12.5. The SMILES string of the molecule is CCC(C)Oc1cccc(-n2c(C)cc(C=O)c2C)c1. The average Bonchev–Trinajstić information content (AvgIpc) is 2.73. The van der Waals surface area contributed by atoms with Gasteiger partial charge in [-0.05, 0) is 45.4 Å². The number of aryl methyl sites for hydroxylation is 1. The van der Waals surface area contributed by atoms with E-state index >= 15 is 0 Å². The molecule has 1 aromatic carbocycles. The molecule has 0 spiro atoms. The van der Waals surface area contributed by atoms with E-state index in [0.717, 1.165) is 41.1 Å². The Morgan fingerprint density at radius 2 is 2.05 bits per heavy atom. The lowest BCUT2D eigenvalue weighted by atomic mass is 10.2. The maximum absolute atomic E-state index is 11.0. The second-order valence-corrected chi connectivity index (χ2v) is 5.11. The summed E-state index contributed by atoms with van der Waals surface area (Å²) in [7, 11) is 0. The van der Waals surface area contributed by atoms with E-state index in [1.54, 1.807) is 0 Å². The number of benzene rings is 1. The molecule has 106 valence electrons. The predicted molar refractivity (Wildman–Crippen MR) is 81.0 cm³/mol. The number of carbonyl (C=O) groups excluding carboxylic acids is 1. The van der Waals surface area contributed by atoms with Gasteiger partial charge in [0.2, 0.25) is 0 Å². The lowest BCUT2D eigenvalue weighted by Crippen LogP contribution is -2.10. The monoisotopic (exact) mass is 271 g/mol. The zero-order chi connectivity index (χ0) is 14.7. The van der Waals surface area contributed by atoms with E-state index in [9.17, 15) is 4.79 Å². The highest BCUT2D eigenvalue weighted by atomic mass is 16.5. The number of hydrogen-bond acceptors (Lipinski definition) is 2. The molecule has 0 N–H and O–H groups in total. The van der Waals surface area contributed by atoms with Gasteiger partial charge in [0, 0.05) is 28.7 Å². The molecule has 2 rings (SSSR count). The van der Waals surface area contributed by atoms with E-state index < -0.39 is 0 Å². The van der Waals surface area contributed by atoms with E-state index in [1.165, 1.54) is 0 Å². The summed E-state index contributed by atoms with van der Waals surface area (Å²) >= 11 is 0. The van der Waals surface area contributed by atoms with Crippen LogP contribution in [0.3, 0.4) is 0 Å². The Labute approximate surface area is 120 Å². The van der Waals surface area contributed by atoms with Crippen molar-refractivity contribution in [3.63, 3.8) is 0 Å². The highest BCUT2D eigenvalue weighted by molar-refractivity contribution is 5.77. The molecule has 0 saturated heterocycles. The number of aromatic nitrogens is 1. The van der Waals surface area contributed by atoms with Crippen LogP contribution in [0.2, 0.25) is 0 Å². The molecule has 1 atom stereocenters. The number of rotatable bonds is 5. The van der Waals surface area contributed by atoms with E-state index in [2.05, 4.69) is 18.4 Å². The maximum Gasteiger partial charge on any atom is 0.151 e. The molecule has 3 nitrogen and oxygen atoms in total. The predicted octanol–water partition coefficient (Wildman–Crippen LogP) is 4.08. The molecule has 2 aromatic rings. The summed E-state index contributed by atoms with van der Waals surface area (Å²) in [6, 6.07) is 9.89. The standard InChI is InChI=1S/C17H21NO2/c1-5-13(3)20-17-8-6-7-16(10-17)18-12(2)9-15(11-19)14(18)4/h6-11,13H,5H2,1-4H3. The Morgan fingerprint density at radius 1 is 1.30 bits per heavy atom. The minimum Gasteiger partial charge on any atom is -0.491 e. The van der Waals surface area contributed by atoms with Crippen LogP contribution in [0.5, 0.6) is 5.75 Å². The lowest BCUT2D eigenvalue weighted by molar-refractivity contribution is 0.112.